The Morgan fingerprint density at radius 2 is 1.93 bits per heavy atom. The lowest BCUT2D eigenvalue weighted by Crippen LogP contribution is -2.42. The number of rotatable bonds is 6. The molecular formula is C29H33F2N7O3. The predicted octanol–water partition coefficient (Wildman–Crippen LogP) is 4.25. The highest BCUT2D eigenvalue weighted by Gasteiger charge is 2.28. The highest BCUT2D eigenvalue weighted by molar-refractivity contribution is 5.94. The largest absolute Gasteiger partial charge is 0.391 e. The molecule has 2 aliphatic heterocycles. The molecule has 1 amide bonds. The number of likely N-dealkylation sites (tertiary alicyclic amines) is 1. The van der Waals surface area contributed by atoms with E-state index in [2.05, 4.69) is 25.0 Å². The molecule has 0 bridgehead atoms. The number of hydrogen-bond acceptors (Lipinski definition) is 8. The average molecular weight is 566 g/mol. The van der Waals surface area contributed by atoms with Crippen molar-refractivity contribution in [3.05, 3.63) is 65.1 Å². The molecule has 0 saturated carbocycles. The van der Waals surface area contributed by atoms with Crippen molar-refractivity contribution in [3.63, 3.8) is 0 Å². The molecule has 41 heavy (non-hydrogen) atoms. The van der Waals surface area contributed by atoms with Gasteiger partial charge < -0.3 is 24.0 Å². The second-order valence-corrected chi connectivity index (χ2v) is 11.2. The molecule has 10 nitrogen and oxygen atoms in total. The highest BCUT2D eigenvalue weighted by Crippen LogP contribution is 2.32. The van der Waals surface area contributed by atoms with Gasteiger partial charge in [-0.1, -0.05) is 19.9 Å². The van der Waals surface area contributed by atoms with Crippen LogP contribution in [-0.4, -0.2) is 72.9 Å². The number of carbonyl (C=O) groups excluding carboxylic acids is 1. The normalized spacial score (nSPS) is 18.5. The first kappa shape index (κ1) is 27.3. The standard InChI is InChI=1S/C29H33F2N7O3/c1-17(2)27-34-29(35-41-27)36-10-7-20(8-11-36)38-15-23(31)25-24(32-16-33-26(25)38)13-18-5-6-19(12-22(18)30)28(40)37-9-3-4-21(39)14-37/h5-6,12,15-17,20-21,39H,3-4,7-11,13-14H2,1-2H3/t21-/m1/s1. The van der Waals surface area contributed by atoms with Crippen LogP contribution >= 0.6 is 0 Å². The lowest BCUT2D eigenvalue weighted by atomic mass is 10.0. The fourth-order valence-electron chi connectivity index (χ4n) is 5.77. The molecule has 5 heterocycles. The van der Waals surface area contributed by atoms with Crippen molar-refractivity contribution < 1.29 is 23.2 Å². The van der Waals surface area contributed by atoms with Gasteiger partial charge in [0.05, 0.1) is 17.2 Å². The van der Waals surface area contributed by atoms with Crippen LogP contribution in [0.25, 0.3) is 11.0 Å². The lowest BCUT2D eigenvalue weighted by Gasteiger charge is -2.31. The second-order valence-electron chi connectivity index (χ2n) is 11.2. The quantitative estimate of drug-likeness (QED) is 0.369. The Bertz CT molecular complexity index is 1560. The van der Waals surface area contributed by atoms with Crippen molar-refractivity contribution in [1.82, 2.24) is 29.6 Å². The molecule has 0 unspecified atom stereocenters. The number of hydrogen-bond donors (Lipinski definition) is 1. The summed E-state index contributed by atoms with van der Waals surface area (Å²) in [5.74, 6) is 0.00356. The molecule has 1 aromatic carbocycles. The van der Waals surface area contributed by atoms with E-state index in [1.165, 1.54) is 18.6 Å². The minimum Gasteiger partial charge on any atom is -0.391 e. The van der Waals surface area contributed by atoms with Gasteiger partial charge in [-0.25, -0.2) is 18.7 Å². The molecule has 0 spiro atoms. The SMILES string of the molecule is CC(C)c1nc(N2CCC(n3cc(F)c4c(Cc5ccc(C(=O)N6CCC[C@@H](O)C6)cc5F)ncnc43)CC2)no1. The monoisotopic (exact) mass is 565 g/mol. The molecule has 0 radical (unpaired) electrons. The number of aromatic nitrogens is 5. The van der Waals surface area contributed by atoms with Crippen LogP contribution in [0.15, 0.2) is 35.2 Å². The zero-order valence-electron chi connectivity index (χ0n) is 23.1. The number of anilines is 1. The minimum atomic E-state index is -0.561. The maximum absolute atomic E-state index is 15.3. The van der Waals surface area contributed by atoms with Crippen molar-refractivity contribution in [2.75, 3.05) is 31.1 Å². The molecular weight excluding hydrogens is 532 g/mol. The van der Waals surface area contributed by atoms with E-state index >= 15 is 8.78 Å². The molecule has 2 aliphatic rings. The third-order valence-electron chi connectivity index (χ3n) is 8.05. The number of halogens is 2. The van der Waals surface area contributed by atoms with Crippen molar-refractivity contribution in [2.45, 2.75) is 64.0 Å². The molecule has 2 fully saturated rings. The third kappa shape index (κ3) is 5.40. The summed E-state index contributed by atoms with van der Waals surface area (Å²) in [5, 5.41) is 14.3. The zero-order valence-corrected chi connectivity index (χ0v) is 23.1. The first-order valence-electron chi connectivity index (χ1n) is 14.1. The van der Waals surface area contributed by atoms with Gasteiger partial charge in [0.15, 0.2) is 5.82 Å². The summed E-state index contributed by atoms with van der Waals surface area (Å²) in [5.41, 5.74) is 1.39. The van der Waals surface area contributed by atoms with Crippen LogP contribution in [0.2, 0.25) is 0 Å². The summed E-state index contributed by atoms with van der Waals surface area (Å²) in [7, 11) is 0. The van der Waals surface area contributed by atoms with Gasteiger partial charge in [0.2, 0.25) is 5.89 Å². The molecule has 3 aromatic heterocycles. The molecule has 6 rings (SSSR count). The summed E-state index contributed by atoms with van der Waals surface area (Å²) < 4.78 is 37.7. The van der Waals surface area contributed by atoms with Crippen molar-refractivity contribution in [1.29, 1.82) is 0 Å². The number of fused-ring (bicyclic) bond motifs is 1. The molecule has 1 atom stereocenters. The van der Waals surface area contributed by atoms with Crippen LogP contribution in [0, 0.1) is 11.6 Å². The van der Waals surface area contributed by atoms with Gasteiger partial charge in [-0.15, -0.1) is 0 Å². The first-order chi connectivity index (χ1) is 19.8. The summed E-state index contributed by atoms with van der Waals surface area (Å²) in [6.45, 7) is 6.15. The van der Waals surface area contributed by atoms with Crippen LogP contribution < -0.4 is 4.90 Å². The van der Waals surface area contributed by atoms with E-state index < -0.39 is 17.7 Å². The van der Waals surface area contributed by atoms with Crippen LogP contribution in [0.5, 0.6) is 0 Å². The van der Waals surface area contributed by atoms with Crippen molar-refractivity contribution in [3.8, 4) is 0 Å². The van der Waals surface area contributed by atoms with Gasteiger partial charge in [0.1, 0.15) is 17.8 Å². The van der Waals surface area contributed by atoms with Crippen molar-refractivity contribution in [2.24, 2.45) is 0 Å². The number of benzene rings is 1. The smallest absolute Gasteiger partial charge is 0.266 e. The van der Waals surface area contributed by atoms with Gasteiger partial charge in [-0.2, -0.15) is 4.98 Å². The lowest BCUT2D eigenvalue weighted by molar-refractivity contribution is 0.0473. The molecule has 1 N–H and O–H groups in total. The van der Waals surface area contributed by atoms with Gasteiger partial charge in [0.25, 0.3) is 11.9 Å². The number of amides is 1. The second kappa shape index (κ2) is 11.2. The Hall–Kier alpha value is -3.93. The highest BCUT2D eigenvalue weighted by atomic mass is 19.1. The van der Waals surface area contributed by atoms with E-state index in [4.69, 9.17) is 4.52 Å². The van der Waals surface area contributed by atoms with E-state index in [-0.39, 0.29) is 41.8 Å². The topological polar surface area (TPSA) is 113 Å². The summed E-state index contributed by atoms with van der Waals surface area (Å²) in [6, 6.07) is 4.35. The maximum Gasteiger partial charge on any atom is 0.266 e. The number of carbonyl (C=O) groups is 1. The van der Waals surface area contributed by atoms with Crippen LogP contribution in [0.3, 0.4) is 0 Å². The summed E-state index contributed by atoms with van der Waals surface area (Å²) >= 11 is 0. The number of nitrogens with zero attached hydrogens (tertiary/aromatic N) is 7. The number of piperidine rings is 2. The number of aliphatic hydroxyl groups is 1. The Labute approximate surface area is 236 Å². The fraction of sp³-hybridized carbons (Fsp3) is 0.483. The average Bonchev–Trinajstić information content (AvgIpc) is 3.60. The third-order valence-corrected chi connectivity index (χ3v) is 8.05. The van der Waals surface area contributed by atoms with Gasteiger partial charge in [0, 0.05) is 56.3 Å². The number of aliphatic hydroxyl groups excluding tert-OH is 1. The molecule has 4 aromatic rings. The van der Waals surface area contributed by atoms with Crippen LogP contribution in [0.4, 0.5) is 14.7 Å². The maximum atomic E-state index is 15.3. The molecule has 0 aliphatic carbocycles. The predicted molar refractivity (Wildman–Crippen MR) is 147 cm³/mol. The van der Waals surface area contributed by atoms with Gasteiger partial charge >= 0.3 is 0 Å². The van der Waals surface area contributed by atoms with E-state index in [9.17, 15) is 9.90 Å². The van der Waals surface area contributed by atoms with E-state index in [1.54, 1.807) is 17.0 Å². The first-order valence-corrected chi connectivity index (χ1v) is 14.1. The Morgan fingerprint density at radius 3 is 2.63 bits per heavy atom. The van der Waals surface area contributed by atoms with E-state index in [0.717, 1.165) is 12.8 Å². The van der Waals surface area contributed by atoms with E-state index in [0.29, 0.717) is 61.2 Å². The summed E-state index contributed by atoms with van der Waals surface area (Å²) in [6.07, 6.45) is 5.18. The molecule has 12 heteroatoms. The van der Waals surface area contributed by atoms with Crippen LogP contribution in [0.1, 0.15) is 79.0 Å². The minimum absolute atomic E-state index is 0.0211. The zero-order chi connectivity index (χ0) is 28.7. The Balaban J connectivity index is 1.18. The Morgan fingerprint density at radius 1 is 1.12 bits per heavy atom. The molecule has 2 saturated heterocycles. The van der Waals surface area contributed by atoms with Crippen molar-refractivity contribution >= 4 is 22.9 Å². The number of β-amino-alcohol motifs (C(OH)–C–C–N with tert-alkyl or cyclic N) is 1. The van der Waals surface area contributed by atoms with E-state index in [1.807, 2.05) is 18.4 Å². The van der Waals surface area contributed by atoms with Gasteiger partial charge in [-0.3, -0.25) is 4.79 Å². The Kier molecular flexibility index (Phi) is 7.41. The van der Waals surface area contributed by atoms with Crippen LogP contribution in [-0.2, 0) is 6.42 Å². The fourth-order valence-corrected chi connectivity index (χ4v) is 5.77. The van der Waals surface area contributed by atoms with Gasteiger partial charge in [-0.05, 0) is 48.5 Å². The molecule has 216 valence electrons. The summed E-state index contributed by atoms with van der Waals surface area (Å²) in [4.78, 5) is 29.6.